The summed E-state index contributed by atoms with van der Waals surface area (Å²) in [7, 11) is 0. The van der Waals surface area contributed by atoms with Crippen LogP contribution >= 0.6 is 24.0 Å². The van der Waals surface area contributed by atoms with Gasteiger partial charge in [-0.05, 0) is 33.8 Å². The summed E-state index contributed by atoms with van der Waals surface area (Å²) in [4.78, 5) is 19.6. The Hall–Kier alpha value is -1.69. The lowest BCUT2D eigenvalue weighted by atomic mass is 9.95. The molecule has 0 spiro atoms. The van der Waals surface area contributed by atoms with Crippen LogP contribution in [0.25, 0.3) is 0 Å². The largest absolute Gasteiger partial charge is 0.444 e. The average Bonchev–Trinajstić information content (AvgIpc) is 2.58. The van der Waals surface area contributed by atoms with Gasteiger partial charge in [0.15, 0.2) is 5.96 Å². The van der Waals surface area contributed by atoms with Crippen molar-refractivity contribution in [3.05, 3.63) is 35.4 Å². The molecule has 7 nitrogen and oxygen atoms in total. The Bertz CT molecular complexity index is 745. The van der Waals surface area contributed by atoms with Gasteiger partial charge in [-0.25, -0.2) is 18.6 Å². The van der Waals surface area contributed by atoms with Gasteiger partial charge in [0.25, 0.3) is 0 Å². The lowest BCUT2D eigenvalue weighted by molar-refractivity contribution is 0.0186. The number of ether oxygens (including phenoxy) is 1. The number of benzene rings is 1. The molecule has 10 heteroatoms. The molecule has 1 aromatic rings. The van der Waals surface area contributed by atoms with E-state index in [1.165, 1.54) is 13.0 Å². The molecule has 1 aliphatic heterocycles. The molecule has 0 radical (unpaired) electrons. The van der Waals surface area contributed by atoms with Crippen LogP contribution in [0.1, 0.15) is 33.3 Å². The maximum atomic E-state index is 13.9. The highest BCUT2D eigenvalue weighted by atomic mass is 127. The summed E-state index contributed by atoms with van der Waals surface area (Å²) in [6.45, 7) is 8.39. The van der Waals surface area contributed by atoms with Crippen LogP contribution in [-0.2, 0) is 10.3 Å². The van der Waals surface area contributed by atoms with Crippen LogP contribution in [0.2, 0.25) is 0 Å². The van der Waals surface area contributed by atoms with Gasteiger partial charge in [0.05, 0.1) is 6.54 Å². The fourth-order valence-electron chi connectivity index (χ4n) is 2.79. The lowest BCUT2D eigenvalue weighted by Gasteiger charge is -2.36. The lowest BCUT2D eigenvalue weighted by Crippen LogP contribution is -2.53. The second kappa shape index (κ2) is 9.88. The minimum atomic E-state index is -1.64. The van der Waals surface area contributed by atoms with E-state index in [4.69, 9.17) is 10.5 Å². The van der Waals surface area contributed by atoms with Crippen molar-refractivity contribution >= 4 is 36.0 Å². The fourth-order valence-corrected chi connectivity index (χ4v) is 2.79. The summed E-state index contributed by atoms with van der Waals surface area (Å²) in [6.07, 6.45) is -0.377. The number of halogens is 3. The van der Waals surface area contributed by atoms with Crippen LogP contribution in [0, 0.1) is 11.6 Å². The van der Waals surface area contributed by atoms with Crippen molar-refractivity contribution in [1.29, 1.82) is 0 Å². The van der Waals surface area contributed by atoms with Gasteiger partial charge in [0.2, 0.25) is 0 Å². The number of nitrogens with zero attached hydrogens (tertiary/aromatic N) is 3. The monoisotopic (exact) mass is 526 g/mol. The first-order valence-electron chi connectivity index (χ1n) is 9.10. The number of aliphatic hydroxyl groups is 1. The van der Waals surface area contributed by atoms with Gasteiger partial charge >= 0.3 is 6.09 Å². The Morgan fingerprint density at radius 1 is 1.17 bits per heavy atom. The molecule has 1 heterocycles. The third-order valence-corrected chi connectivity index (χ3v) is 4.32. The maximum absolute atomic E-state index is 13.9. The highest BCUT2D eigenvalue weighted by Crippen LogP contribution is 2.24. The summed E-state index contributed by atoms with van der Waals surface area (Å²) in [6, 6.07) is 2.98. The third kappa shape index (κ3) is 7.25. The van der Waals surface area contributed by atoms with Gasteiger partial charge in [0.1, 0.15) is 22.8 Å². The van der Waals surface area contributed by atoms with E-state index in [-0.39, 0.29) is 48.1 Å². The van der Waals surface area contributed by atoms with Crippen LogP contribution in [0.5, 0.6) is 0 Å². The second-order valence-corrected chi connectivity index (χ2v) is 8.03. The van der Waals surface area contributed by atoms with Crippen LogP contribution in [0.3, 0.4) is 0 Å². The molecule has 164 valence electrons. The van der Waals surface area contributed by atoms with E-state index in [0.717, 1.165) is 6.07 Å². The van der Waals surface area contributed by atoms with E-state index >= 15 is 0 Å². The van der Waals surface area contributed by atoms with Crippen molar-refractivity contribution in [3.63, 3.8) is 0 Å². The molecule has 1 atom stereocenters. The van der Waals surface area contributed by atoms with E-state index in [2.05, 4.69) is 4.99 Å². The van der Waals surface area contributed by atoms with Crippen molar-refractivity contribution in [3.8, 4) is 0 Å². The van der Waals surface area contributed by atoms with Crippen LogP contribution in [0.4, 0.5) is 13.6 Å². The van der Waals surface area contributed by atoms with Crippen LogP contribution in [0.15, 0.2) is 23.2 Å². The summed E-state index contributed by atoms with van der Waals surface area (Å²) in [5.41, 5.74) is 3.74. The normalized spacial score (nSPS) is 17.4. The number of aliphatic imine (C=N–C) groups is 1. The Morgan fingerprint density at radius 3 is 2.24 bits per heavy atom. The number of rotatable bonds is 3. The number of guanidine groups is 1. The van der Waals surface area contributed by atoms with Gasteiger partial charge in [-0.2, -0.15) is 0 Å². The minimum Gasteiger partial charge on any atom is -0.444 e. The highest BCUT2D eigenvalue weighted by molar-refractivity contribution is 14.0. The Morgan fingerprint density at radius 2 is 1.72 bits per heavy atom. The van der Waals surface area contributed by atoms with Gasteiger partial charge in [-0.1, -0.05) is 6.07 Å². The maximum Gasteiger partial charge on any atom is 0.410 e. The number of hydrogen-bond donors (Lipinski definition) is 2. The summed E-state index contributed by atoms with van der Waals surface area (Å²) < 4.78 is 32.3. The predicted octanol–water partition coefficient (Wildman–Crippen LogP) is 2.66. The van der Waals surface area contributed by atoms with E-state index < -0.39 is 22.8 Å². The topological polar surface area (TPSA) is 91.4 Å². The van der Waals surface area contributed by atoms with Crippen molar-refractivity contribution < 1.29 is 23.4 Å². The summed E-state index contributed by atoms with van der Waals surface area (Å²) >= 11 is 0. The van der Waals surface area contributed by atoms with Crippen molar-refractivity contribution in [2.24, 2.45) is 10.7 Å². The van der Waals surface area contributed by atoms with E-state index in [1.807, 2.05) is 20.8 Å². The van der Waals surface area contributed by atoms with Gasteiger partial charge in [-0.3, -0.25) is 0 Å². The van der Waals surface area contributed by atoms with Crippen molar-refractivity contribution in [1.82, 2.24) is 9.80 Å². The van der Waals surface area contributed by atoms with E-state index in [0.29, 0.717) is 32.2 Å². The molecular weight excluding hydrogens is 497 g/mol. The first-order chi connectivity index (χ1) is 12.9. The number of amides is 1. The van der Waals surface area contributed by atoms with Crippen molar-refractivity contribution in [2.45, 2.75) is 38.9 Å². The molecule has 3 N–H and O–H groups in total. The van der Waals surface area contributed by atoms with Crippen LogP contribution in [-0.4, -0.2) is 65.3 Å². The zero-order valence-electron chi connectivity index (χ0n) is 17.1. The minimum absolute atomic E-state index is 0. The number of piperazine rings is 1. The molecule has 1 unspecified atom stereocenters. The molecule has 2 rings (SSSR count). The fraction of sp³-hybridized carbons (Fsp3) is 0.579. The average molecular weight is 526 g/mol. The molecular formula is C19H29F2IN4O3. The number of carbonyl (C=O) groups excluding carboxylic acids is 1. The van der Waals surface area contributed by atoms with E-state index in [1.54, 1.807) is 9.80 Å². The van der Waals surface area contributed by atoms with Gasteiger partial charge < -0.3 is 25.4 Å². The standard InChI is InChI=1S/C19H28F2N4O3.HI/c1-18(2,3)28-17(26)25-9-7-24(8-10-25)16(22)23-12-19(4,27)14-6-5-13(20)11-15(14)21;/h5-6,11,27H,7-10,12H2,1-4H3,(H2,22,23);1H. The Balaban J connectivity index is 0.00000420. The predicted molar refractivity (Wildman–Crippen MR) is 117 cm³/mol. The molecule has 1 aliphatic rings. The molecule has 1 amide bonds. The number of hydrogen-bond acceptors (Lipinski definition) is 4. The highest BCUT2D eigenvalue weighted by Gasteiger charge is 2.29. The molecule has 1 aromatic carbocycles. The van der Waals surface area contributed by atoms with E-state index in [9.17, 15) is 18.7 Å². The first kappa shape index (κ1) is 25.3. The Labute approximate surface area is 186 Å². The second-order valence-electron chi connectivity index (χ2n) is 8.03. The molecule has 1 fully saturated rings. The molecule has 0 bridgehead atoms. The molecule has 0 aromatic heterocycles. The smallest absolute Gasteiger partial charge is 0.410 e. The number of carbonyl (C=O) groups is 1. The first-order valence-corrected chi connectivity index (χ1v) is 9.10. The molecule has 29 heavy (non-hydrogen) atoms. The molecule has 0 aliphatic carbocycles. The summed E-state index contributed by atoms with van der Waals surface area (Å²) in [5, 5.41) is 10.5. The zero-order valence-corrected chi connectivity index (χ0v) is 19.4. The van der Waals surface area contributed by atoms with Gasteiger partial charge in [-0.15, -0.1) is 24.0 Å². The quantitative estimate of drug-likeness (QED) is 0.359. The van der Waals surface area contributed by atoms with Crippen LogP contribution < -0.4 is 5.73 Å². The zero-order chi connectivity index (χ0) is 21.1. The molecule has 1 saturated heterocycles. The SMILES string of the molecule is CC(C)(C)OC(=O)N1CCN(C(N)=NCC(C)(O)c2ccc(F)cc2F)CC1.I. The number of nitrogens with two attached hydrogens (primary N) is 1. The molecule has 0 saturated carbocycles. The Kier molecular flexibility index (Phi) is 8.63. The summed E-state index contributed by atoms with van der Waals surface area (Å²) in [5.74, 6) is -1.38. The van der Waals surface area contributed by atoms with Crippen molar-refractivity contribution in [2.75, 3.05) is 32.7 Å². The van der Waals surface area contributed by atoms with Gasteiger partial charge in [0, 0.05) is 37.8 Å². The third-order valence-electron chi connectivity index (χ3n) is 4.32.